The molecule has 3 rings (SSSR count). The predicted molar refractivity (Wildman–Crippen MR) is 68.9 cm³/mol. The standard InChI is InChI=1S/C13H16N2O4/c16-6-13(7-18-8-13)5-14-4-9-1-2-11-10(3-9)15-12(17)19-11/h1-3,14,16H,4-8H2,(H,15,17). The van der Waals surface area contributed by atoms with Gasteiger partial charge in [0.1, 0.15) is 0 Å². The Morgan fingerprint density at radius 3 is 2.95 bits per heavy atom. The Kier molecular flexibility index (Phi) is 3.14. The fourth-order valence-electron chi connectivity index (χ4n) is 2.22. The number of ether oxygens (including phenoxy) is 1. The summed E-state index contributed by atoms with van der Waals surface area (Å²) in [5.74, 6) is -0.439. The van der Waals surface area contributed by atoms with Crippen molar-refractivity contribution in [2.75, 3.05) is 26.4 Å². The molecule has 2 aromatic rings. The van der Waals surface area contributed by atoms with Gasteiger partial charge in [0, 0.05) is 13.1 Å². The van der Waals surface area contributed by atoms with Crippen molar-refractivity contribution in [3.63, 3.8) is 0 Å². The highest BCUT2D eigenvalue weighted by molar-refractivity contribution is 5.72. The van der Waals surface area contributed by atoms with Gasteiger partial charge in [-0.3, -0.25) is 4.98 Å². The summed E-state index contributed by atoms with van der Waals surface area (Å²) in [7, 11) is 0. The van der Waals surface area contributed by atoms with Crippen molar-refractivity contribution >= 4 is 11.1 Å². The quantitative estimate of drug-likeness (QED) is 0.719. The fraction of sp³-hybridized carbons (Fsp3) is 0.462. The third kappa shape index (κ3) is 2.42. The first-order valence-corrected chi connectivity index (χ1v) is 6.22. The topological polar surface area (TPSA) is 87.5 Å². The molecule has 1 aromatic carbocycles. The first kappa shape index (κ1) is 12.4. The molecule has 0 radical (unpaired) electrons. The zero-order valence-electron chi connectivity index (χ0n) is 10.4. The van der Waals surface area contributed by atoms with Gasteiger partial charge in [-0.1, -0.05) is 6.07 Å². The molecule has 0 unspecified atom stereocenters. The molecule has 102 valence electrons. The minimum absolute atomic E-state index is 0.131. The summed E-state index contributed by atoms with van der Waals surface area (Å²) in [6.07, 6.45) is 0. The van der Waals surface area contributed by atoms with E-state index in [0.717, 1.165) is 5.56 Å². The van der Waals surface area contributed by atoms with E-state index in [4.69, 9.17) is 9.15 Å². The second kappa shape index (κ2) is 4.80. The van der Waals surface area contributed by atoms with Gasteiger partial charge in [-0.25, -0.2) is 4.79 Å². The molecule has 1 aliphatic heterocycles. The molecule has 0 aliphatic carbocycles. The van der Waals surface area contributed by atoms with Crippen LogP contribution in [0.3, 0.4) is 0 Å². The number of aliphatic hydroxyl groups is 1. The van der Waals surface area contributed by atoms with Crippen molar-refractivity contribution in [1.82, 2.24) is 10.3 Å². The van der Waals surface area contributed by atoms with Crippen LogP contribution < -0.4 is 11.1 Å². The van der Waals surface area contributed by atoms with E-state index in [0.29, 0.717) is 37.4 Å². The molecular formula is C13H16N2O4. The maximum absolute atomic E-state index is 11.1. The lowest BCUT2D eigenvalue weighted by Crippen LogP contribution is -2.52. The highest BCUT2D eigenvalue weighted by Crippen LogP contribution is 2.25. The monoisotopic (exact) mass is 264 g/mol. The van der Waals surface area contributed by atoms with Crippen molar-refractivity contribution in [1.29, 1.82) is 0 Å². The average molecular weight is 264 g/mol. The number of H-pyrrole nitrogens is 1. The number of fused-ring (bicyclic) bond motifs is 1. The van der Waals surface area contributed by atoms with Crippen LogP contribution in [0.15, 0.2) is 27.4 Å². The third-order valence-electron chi connectivity index (χ3n) is 3.46. The van der Waals surface area contributed by atoms with Crippen molar-refractivity contribution in [2.24, 2.45) is 5.41 Å². The normalized spacial score (nSPS) is 17.5. The van der Waals surface area contributed by atoms with Crippen LogP contribution in [0, 0.1) is 5.41 Å². The smallest absolute Gasteiger partial charge is 0.408 e. The Morgan fingerprint density at radius 1 is 1.42 bits per heavy atom. The van der Waals surface area contributed by atoms with Gasteiger partial charge in [-0.2, -0.15) is 0 Å². The Bertz CT molecular complexity index is 621. The maximum Gasteiger partial charge on any atom is 0.417 e. The molecule has 0 bridgehead atoms. The highest BCUT2D eigenvalue weighted by Gasteiger charge is 2.37. The molecule has 0 saturated carbocycles. The molecule has 0 spiro atoms. The Labute approximate surface area is 109 Å². The molecule has 1 fully saturated rings. The SMILES string of the molecule is O=c1[nH]c2cc(CNCC3(CO)COC3)ccc2o1. The number of rotatable bonds is 5. The fourth-order valence-corrected chi connectivity index (χ4v) is 2.22. The van der Waals surface area contributed by atoms with Crippen molar-refractivity contribution in [3.05, 3.63) is 34.3 Å². The van der Waals surface area contributed by atoms with Crippen molar-refractivity contribution in [2.45, 2.75) is 6.54 Å². The largest absolute Gasteiger partial charge is 0.417 e. The van der Waals surface area contributed by atoms with Crippen LogP contribution in [0.1, 0.15) is 5.56 Å². The van der Waals surface area contributed by atoms with E-state index < -0.39 is 5.76 Å². The van der Waals surface area contributed by atoms with E-state index in [9.17, 15) is 9.90 Å². The molecule has 1 aromatic heterocycles. The Balaban J connectivity index is 1.63. The van der Waals surface area contributed by atoms with E-state index in [1.165, 1.54) is 0 Å². The second-order valence-electron chi connectivity index (χ2n) is 5.10. The van der Waals surface area contributed by atoms with E-state index in [1.807, 2.05) is 12.1 Å². The van der Waals surface area contributed by atoms with Crippen LogP contribution in [0.5, 0.6) is 0 Å². The van der Waals surface area contributed by atoms with Gasteiger partial charge in [-0.15, -0.1) is 0 Å². The summed E-state index contributed by atoms with van der Waals surface area (Å²) >= 11 is 0. The Morgan fingerprint density at radius 2 is 2.26 bits per heavy atom. The molecule has 1 saturated heterocycles. The van der Waals surface area contributed by atoms with Gasteiger partial charge < -0.3 is 19.6 Å². The highest BCUT2D eigenvalue weighted by atomic mass is 16.5. The molecule has 1 aliphatic rings. The van der Waals surface area contributed by atoms with E-state index in [2.05, 4.69) is 10.3 Å². The lowest BCUT2D eigenvalue weighted by molar-refractivity contribution is -0.134. The summed E-state index contributed by atoms with van der Waals surface area (Å²) in [5, 5.41) is 12.6. The summed E-state index contributed by atoms with van der Waals surface area (Å²) in [4.78, 5) is 13.7. The van der Waals surface area contributed by atoms with Gasteiger partial charge in [0.05, 0.1) is 30.8 Å². The van der Waals surface area contributed by atoms with Crippen LogP contribution in [-0.4, -0.2) is 36.5 Å². The summed E-state index contributed by atoms with van der Waals surface area (Å²) in [6, 6.07) is 5.57. The zero-order chi connectivity index (χ0) is 13.3. The van der Waals surface area contributed by atoms with E-state index in [-0.39, 0.29) is 12.0 Å². The van der Waals surface area contributed by atoms with Gasteiger partial charge in [-0.05, 0) is 17.7 Å². The van der Waals surface area contributed by atoms with E-state index in [1.54, 1.807) is 6.07 Å². The molecule has 0 amide bonds. The minimum atomic E-state index is -0.439. The lowest BCUT2D eigenvalue weighted by atomic mass is 9.87. The number of nitrogens with one attached hydrogen (secondary N) is 2. The van der Waals surface area contributed by atoms with Crippen LogP contribution in [0.25, 0.3) is 11.1 Å². The molecule has 2 heterocycles. The molecule has 6 heteroatoms. The second-order valence-corrected chi connectivity index (χ2v) is 5.10. The van der Waals surface area contributed by atoms with Gasteiger partial charge >= 0.3 is 5.76 Å². The molecule has 6 nitrogen and oxygen atoms in total. The number of aliphatic hydroxyl groups excluding tert-OH is 1. The first-order valence-electron chi connectivity index (χ1n) is 6.22. The molecular weight excluding hydrogens is 248 g/mol. The molecule has 3 N–H and O–H groups in total. The number of aromatic amines is 1. The molecule has 19 heavy (non-hydrogen) atoms. The van der Waals surface area contributed by atoms with Crippen LogP contribution in [-0.2, 0) is 11.3 Å². The maximum atomic E-state index is 11.1. The number of benzene rings is 1. The lowest BCUT2D eigenvalue weighted by Gasteiger charge is -2.40. The van der Waals surface area contributed by atoms with Crippen LogP contribution in [0.2, 0.25) is 0 Å². The average Bonchev–Trinajstić information content (AvgIpc) is 2.72. The van der Waals surface area contributed by atoms with Crippen LogP contribution >= 0.6 is 0 Å². The first-order chi connectivity index (χ1) is 9.21. The zero-order valence-corrected chi connectivity index (χ0v) is 10.4. The van der Waals surface area contributed by atoms with Gasteiger partial charge in [0.2, 0.25) is 0 Å². The van der Waals surface area contributed by atoms with Gasteiger partial charge in [0.25, 0.3) is 0 Å². The number of aromatic nitrogens is 1. The third-order valence-corrected chi connectivity index (χ3v) is 3.46. The summed E-state index contributed by atoms with van der Waals surface area (Å²) in [6.45, 7) is 2.72. The van der Waals surface area contributed by atoms with Crippen LogP contribution in [0.4, 0.5) is 0 Å². The Hall–Kier alpha value is -1.63. The number of oxazole rings is 1. The number of hydrogen-bond acceptors (Lipinski definition) is 5. The van der Waals surface area contributed by atoms with Gasteiger partial charge in [0.15, 0.2) is 5.58 Å². The molecule has 0 atom stereocenters. The summed E-state index contributed by atoms with van der Waals surface area (Å²) in [5.41, 5.74) is 2.19. The van der Waals surface area contributed by atoms with Crippen molar-refractivity contribution < 1.29 is 14.3 Å². The predicted octanol–water partition coefficient (Wildman–Crippen LogP) is 0.220. The number of hydrogen-bond donors (Lipinski definition) is 3. The van der Waals surface area contributed by atoms with E-state index >= 15 is 0 Å². The minimum Gasteiger partial charge on any atom is -0.408 e. The van der Waals surface area contributed by atoms with Crippen molar-refractivity contribution in [3.8, 4) is 0 Å². The summed E-state index contributed by atoms with van der Waals surface area (Å²) < 4.78 is 10.1.